The zero-order valence-electron chi connectivity index (χ0n) is 8.92. The second-order valence-corrected chi connectivity index (χ2v) is 3.60. The fraction of sp³-hybridized carbons (Fsp3) is 0.600. The van der Waals surface area contributed by atoms with Crippen LogP contribution in [0.25, 0.3) is 0 Å². The molecule has 4 heteroatoms. The van der Waals surface area contributed by atoms with Crippen molar-refractivity contribution in [2.45, 2.75) is 39.2 Å². The van der Waals surface area contributed by atoms with Crippen molar-refractivity contribution < 1.29 is 0 Å². The Hall–Kier alpha value is -1.16. The molecule has 0 aliphatic carbocycles. The highest BCUT2D eigenvalue weighted by atomic mass is 16.1. The molecule has 78 valence electrons. The van der Waals surface area contributed by atoms with Gasteiger partial charge in [0.25, 0.3) is 5.56 Å². The van der Waals surface area contributed by atoms with Crippen molar-refractivity contribution >= 4 is 0 Å². The van der Waals surface area contributed by atoms with E-state index in [1.54, 1.807) is 6.92 Å². The van der Waals surface area contributed by atoms with Crippen LogP contribution in [0, 0.1) is 6.92 Å². The van der Waals surface area contributed by atoms with E-state index in [-0.39, 0.29) is 5.56 Å². The summed E-state index contributed by atoms with van der Waals surface area (Å²) < 4.78 is 0. The van der Waals surface area contributed by atoms with Crippen LogP contribution < -0.4 is 11.3 Å². The van der Waals surface area contributed by atoms with Crippen molar-refractivity contribution in [3.63, 3.8) is 0 Å². The van der Waals surface area contributed by atoms with Crippen molar-refractivity contribution in [3.05, 3.63) is 27.9 Å². The Balaban J connectivity index is 3.24. The molecule has 1 aromatic rings. The molecule has 0 aliphatic rings. The number of hydrogen-bond donors (Lipinski definition) is 2. The highest BCUT2D eigenvalue weighted by Gasteiger charge is 2.25. The molecule has 0 radical (unpaired) electrons. The Morgan fingerprint density at radius 1 is 1.50 bits per heavy atom. The van der Waals surface area contributed by atoms with Crippen molar-refractivity contribution in [2.24, 2.45) is 5.73 Å². The quantitative estimate of drug-likeness (QED) is 0.757. The number of rotatable bonds is 3. The molecule has 0 atom stereocenters. The van der Waals surface area contributed by atoms with Crippen molar-refractivity contribution in [3.8, 4) is 0 Å². The summed E-state index contributed by atoms with van der Waals surface area (Å²) in [6.07, 6.45) is 1.52. The second kappa shape index (κ2) is 3.92. The minimum atomic E-state index is -0.509. The highest BCUT2D eigenvalue weighted by molar-refractivity contribution is 5.08. The van der Waals surface area contributed by atoms with Gasteiger partial charge in [-0.1, -0.05) is 13.8 Å². The number of aromatic nitrogens is 2. The predicted molar refractivity (Wildman–Crippen MR) is 56.0 cm³/mol. The third kappa shape index (κ3) is 2.01. The molecule has 0 spiro atoms. The van der Waals surface area contributed by atoms with Crippen LogP contribution in [0.4, 0.5) is 0 Å². The summed E-state index contributed by atoms with van der Waals surface area (Å²) in [4.78, 5) is 18.2. The van der Waals surface area contributed by atoms with Gasteiger partial charge in [0.2, 0.25) is 0 Å². The summed E-state index contributed by atoms with van der Waals surface area (Å²) in [6, 6.07) is 1.47. The monoisotopic (exact) mass is 195 g/mol. The van der Waals surface area contributed by atoms with Crippen LogP contribution in [-0.4, -0.2) is 9.97 Å². The number of nitrogens with zero attached hydrogens (tertiary/aromatic N) is 1. The molecule has 3 N–H and O–H groups in total. The van der Waals surface area contributed by atoms with E-state index >= 15 is 0 Å². The van der Waals surface area contributed by atoms with Gasteiger partial charge in [-0.05, 0) is 19.8 Å². The molecule has 0 saturated heterocycles. The molecule has 1 aromatic heterocycles. The Morgan fingerprint density at radius 2 is 2.07 bits per heavy atom. The van der Waals surface area contributed by atoms with Gasteiger partial charge in [0, 0.05) is 11.8 Å². The maximum Gasteiger partial charge on any atom is 0.251 e. The van der Waals surface area contributed by atoms with Gasteiger partial charge in [-0.15, -0.1) is 0 Å². The van der Waals surface area contributed by atoms with Crippen molar-refractivity contribution in [1.82, 2.24) is 9.97 Å². The molecule has 0 amide bonds. The number of nitrogens with one attached hydrogen (secondary N) is 1. The zero-order valence-corrected chi connectivity index (χ0v) is 8.92. The Labute approximate surface area is 83.6 Å². The first-order valence-corrected chi connectivity index (χ1v) is 4.89. The summed E-state index contributed by atoms with van der Waals surface area (Å²) >= 11 is 0. The number of hydrogen-bond acceptors (Lipinski definition) is 3. The first-order valence-electron chi connectivity index (χ1n) is 4.89. The fourth-order valence-corrected chi connectivity index (χ4v) is 1.40. The molecule has 1 rings (SSSR count). The number of aryl methyl sites for hydroxylation is 1. The normalized spacial score (nSPS) is 11.7. The van der Waals surface area contributed by atoms with E-state index < -0.39 is 5.54 Å². The van der Waals surface area contributed by atoms with E-state index in [0.29, 0.717) is 11.5 Å². The number of nitrogens with two attached hydrogens (primary N) is 1. The smallest absolute Gasteiger partial charge is 0.251 e. The standard InChI is InChI=1S/C10H17N3O/c1-4-10(11,5-2)9-12-7(3)6-8(14)13-9/h6H,4-5,11H2,1-3H3,(H,12,13,14). The molecule has 4 nitrogen and oxygen atoms in total. The van der Waals surface area contributed by atoms with Crippen LogP contribution in [0.3, 0.4) is 0 Å². The molecule has 0 aromatic carbocycles. The van der Waals surface area contributed by atoms with Crippen LogP contribution in [-0.2, 0) is 5.54 Å². The number of H-pyrrole nitrogens is 1. The van der Waals surface area contributed by atoms with Gasteiger partial charge in [0.1, 0.15) is 5.82 Å². The lowest BCUT2D eigenvalue weighted by Gasteiger charge is -2.25. The Kier molecular flexibility index (Phi) is 3.06. The van der Waals surface area contributed by atoms with E-state index in [4.69, 9.17) is 5.73 Å². The Bertz CT molecular complexity index is 366. The molecule has 0 unspecified atom stereocenters. The van der Waals surface area contributed by atoms with Crippen molar-refractivity contribution in [1.29, 1.82) is 0 Å². The van der Waals surface area contributed by atoms with Crippen LogP contribution in [0.15, 0.2) is 10.9 Å². The lowest BCUT2D eigenvalue weighted by Crippen LogP contribution is -2.38. The van der Waals surface area contributed by atoms with Gasteiger partial charge < -0.3 is 10.7 Å². The van der Waals surface area contributed by atoms with E-state index in [1.165, 1.54) is 6.07 Å². The largest absolute Gasteiger partial charge is 0.319 e. The van der Waals surface area contributed by atoms with Gasteiger partial charge in [0.15, 0.2) is 0 Å². The molecule has 1 heterocycles. The van der Waals surface area contributed by atoms with Gasteiger partial charge in [-0.3, -0.25) is 4.79 Å². The van der Waals surface area contributed by atoms with Gasteiger partial charge in [-0.2, -0.15) is 0 Å². The average molecular weight is 195 g/mol. The van der Waals surface area contributed by atoms with E-state index in [1.807, 2.05) is 13.8 Å². The minimum absolute atomic E-state index is 0.135. The highest BCUT2D eigenvalue weighted by Crippen LogP contribution is 2.21. The third-order valence-electron chi connectivity index (χ3n) is 2.60. The molecule has 0 aliphatic heterocycles. The summed E-state index contributed by atoms with van der Waals surface area (Å²) in [5.74, 6) is 0.590. The molecule has 0 saturated carbocycles. The number of aromatic amines is 1. The second-order valence-electron chi connectivity index (χ2n) is 3.60. The topological polar surface area (TPSA) is 71.8 Å². The van der Waals surface area contributed by atoms with Gasteiger partial charge in [-0.25, -0.2) is 4.98 Å². The van der Waals surface area contributed by atoms with Gasteiger partial charge >= 0.3 is 0 Å². The molecular formula is C10H17N3O. The summed E-state index contributed by atoms with van der Waals surface area (Å²) in [7, 11) is 0. The zero-order chi connectivity index (χ0) is 10.8. The molecule has 14 heavy (non-hydrogen) atoms. The predicted octanol–water partition coefficient (Wildman–Crippen LogP) is 1.05. The average Bonchev–Trinajstić information content (AvgIpc) is 2.15. The van der Waals surface area contributed by atoms with Gasteiger partial charge in [0.05, 0.1) is 5.54 Å². The Morgan fingerprint density at radius 3 is 2.50 bits per heavy atom. The maximum atomic E-state index is 11.2. The van der Waals surface area contributed by atoms with Crippen LogP contribution in [0.2, 0.25) is 0 Å². The summed E-state index contributed by atoms with van der Waals surface area (Å²) in [6.45, 7) is 5.78. The summed E-state index contributed by atoms with van der Waals surface area (Å²) in [5.41, 5.74) is 6.19. The van der Waals surface area contributed by atoms with E-state index in [0.717, 1.165) is 12.8 Å². The fourth-order valence-electron chi connectivity index (χ4n) is 1.40. The van der Waals surface area contributed by atoms with E-state index in [9.17, 15) is 4.79 Å². The van der Waals surface area contributed by atoms with Crippen LogP contribution >= 0.6 is 0 Å². The molecule has 0 bridgehead atoms. The first kappa shape index (κ1) is 10.9. The third-order valence-corrected chi connectivity index (χ3v) is 2.60. The van der Waals surface area contributed by atoms with Crippen LogP contribution in [0.1, 0.15) is 38.2 Å². The van der Waals surface area contributed by atoms with Crippen LogP contribution in [0.5, 0.6) is 0 Å². The first-order chi connectivity index (χ1) is 6.51. The van der Waals surface area contributed by atoms with Crippen molar-refractivity contribution in [2.75, 3.05) is 0 Å². The lowest BCUT2D eigenvalue weighted by atomic mass is 9.93. The minimum Gasteiger partial charge on any atom is -0.319 e. The lowest BCUT2D eigenvalue weighted by molar-refractivity contribution is 0.385. The maximum absolute atomic E-state index is 11.2. The summed E-state index contributed by atoms with van der Waals surface area (Å²) in [5, 5.41) is 0. The molecule has 0 fully saturated rings. The molecular weight excluding hydrogens is 178 g/mol. The SMILES string of the molecule is CCC(N)(CC)c1nc(C)cc(=O)[nH]1. The van der Waals surface area contributed by atoms with E-state index in [2.05, 4.69) is 9.97 Å².